The summed E-state index contributed by atoms with van der Waals surface area (Å²) in [4.78, 5) is 35.9. The Labute approximate surface area is 120 Å². The van der Waals surface area contributed by atoms with Crippen LogP contribution in [-0.2, 0) is 9.59 Å². The molecule has 1 unspecified atom stereocenters. The van der Waals surface area contributed by atoms with E-state index in [-0.39, 0.29) is 18.9 Å². The van der Waals surface area contributed by atoms with Gasteiger partial charge in [0, 0.05) is 6.54 Å². The quantitative estimate of drug-likeness (QED) is 0.800. The maximum Gasteiger partial charge on any atom is 0.326 e. The standard InChI is InChI=1S/C13H17NO5S/c1-8(2)11(13(18)19)14(6-5-10(15)16)12(17)9-4-3-7-20-9/h3-4,7-8,11H,5-6H2,1-2H3,(H,15,16)(H,18,19). The maximum absolute atomic E-state index is 12.3. The molecule has 0 saturated carbocycles. The number of nitrogens with zero attached hydrogens (tertiary/aromatic N) is 1. The highest BCUT2D eigenvalue weighted by Crippen LogP contribution is 2.18. The van der Waals surface area contributed by atoms with Gasteiger partial charge in [-0.15, -0.1) is 11.3 Å². The minimum Gasteiger partial charge on any atom is -0.481 e. The third kappa shape index (κ3) is 4.06. The zero-order valence-corrected chi connectivity index (χ0v) is 12.1. The Morgan fingerprint density at radius 2 is 1.95 bits per heavy atom. The lowest BCUT2D eigenvalue weighted by Gasteiger charge is -2.30. The molecule has 0 bridgehead atoms. The Morgan fingerprint density at radius 3 is 2.35 bits per heavy atom. The first-order valence-corrected chi connectivity index (χ1v) is 7.01. The van der Waals surface area contributed by atoms with Crippen LogP contribution >= 0.6 is 11.3 Å². The first-order chi connectivity index (χ1) is 9.34. The van der Waals surface area contributed by atoms with Crippen LogP contribution in [-0.4, -0.2) is 45.5 Å². The van der Waals surface area contributed by atoms with Gasteiger partial charge in [-0.1, -0.05) is 19.9 Å². The molecular weight excluding hydrogens is 282 g/mol. The number of carbonyl (C=O) groups excluding carboxylic acids is 1. The normalized spacial score (nSPS) is 12.2. The number of carboxylic acids is 2. The number of hydrogen-bond acceptors (Lipinski definition) is 4. The summed E-state index contributed by atoms with van der Waals surface area (Å²) in [7, 11) is 0. The molecule has 1 atom stereocenters. The molecule has 0 aliphatic heterocycles. The molecule has 0 aliphatic rings. The largest absolute Gasteiger partial charge is 0.481 e. The van der Waals surface area contributed by atoms with E-state index in [4.69, 9.17) is 5.11 Å². The van der Waals surface area contributed by atoms with E-state index in [1.165, 1.54) is 11.3 Å². The van der Waals surface area contributed by atoms with E-state index in [1.54, 1.807) is 31.4 Å². The van der Waals surface area contributed by atoms with Crippen LogP contribution < -0.4 is 0 Å². The number of carbonyl (C=O) groups is 3. The summed E-state index contributed by atoms with van der Waals surface area (Å²) < 4.78 is 0. The predicted octanol–water partition coefficient (Wildman–Crippen LogP) is 1.77. The molecule has 0 aliphatic carbocycles. The lowest BCUT2D eigenvalue weighted by atomic mass is 10.0. The highest BCUT2D eigenvalue weighted by atomic mass is 32.1. The molecule has 0 aromatic carbocycles. The van der Waals surface area contributed by atoms with E-state index < -0.39 is 23.9 Å². The molecule has 1 amide bonds. The molecule has 0 fully saturated rings. The summed E-state index contributed by atoms with van der Waals surface area (Å²) in [5.41, 5.74) is 0. The molecule has 1 aromatic rings. The van der Waals surface area contributed by atoms with Gasteiger partial charge in [-0.05, 0) is 17.4 Å². The SMILES string of the molecule is CC(C)C(C(=O)O)N(CCC(=O)O)C(=O)c1cccs1. The molecular formula is C13H17NO5S. The van der Waals surface area contributed by atoms with Gasteiger partial charge >= 0.3 is 11.9 Å². The zero-order valence-electron chi connectivity index (χ0n) is 11.3. The van der Waals surface area contributed by atoms with Crippen LogP contribution in [0.25, 0.3) is 0 Å². The third-order valence-electron chi connectivity index (χ3n) is 2.78. The van der Waals surface area contributed by atoms with Crippen LogP contribution in [0, 0.1) is 5.92 Å². The molecule has 1 heterocycles. The van der Waals surface area contributed by atoms with Gasteiger partial charge in [0.1, 0.15) is 6.04 Å². The van der Waals surface area contributed by atoms with E-state index in [2.05, 4.69) is 0 Å². The van der Waals surface area contributed by atoms with Gasteiger partial charge in [0.05, 0.1) is 11.3 Å². The van der Waals surface area contributed by atoms with Crippen molar-refractivity contribution in [2.45, 2.75) is 26.3 Å². The van der Waals surface area contributed by atoms with Gasteiger partial charge in [-0.2, -0.15) is 0 Å². The summed E-state index contributed by atoms with van der Waals surface area (Å²) in [6.07, 6.45) is -0.284. The summed E-state index contributed by atoms with van der Waals surface area (Å²) in [6, 6.07) is 2.25. The molecule has 0 saturated heterocycles. The van der Waals surface area contributed by atoms with Crippen molar-refractivity contribution in [1.29, 1.82) is 0 Å². The Balaban J connectivity index is 3.03. The van der Waals surface area contributed by atoms with Crippen molar-refractivity contribution >= 4 is 29.2 Å². The van der Waals surface area contributed by atoms with Gasteiger partial charge < -0.3 is 15.1 Å². The van der Waals surface area contributed by atoms with Crippen LogP contribution in [0.5, 0.6) is 0 Å². The first-order valence-electron chi connectivity index (χ1n) is 6.13. The van der Waals surface area contributed by atoms with Crippen molar-refractivity contribution in [3.05, 3.63) is 22.4 Å². The number of thiophene rings is 1. The zero-order chi connectivity index (χ0) is 15.3. The van der Waals surface area contributed by atoms with E-state index in [9.17, 15) is 19.5 Å². The van der Waals surface area contributed by atoms with E-state index in [0.29, 0.717) is 4.88 Å². The number of amides is 1. The van der Waals surface area contributed by atoms with Crippen LogP contribution in [0.3, 0.4) is 0 Å². The summed E-state index contributed by atoms with van der Waals surface area (Å²) in [5.74, 6) is -2.95. The van der Waals surface area contributed by atoms with Crippen LogP contribution in [0.4, 0.5) is 0 Å². The monoisotopic (exact) mass is 299 g/mol. The van der Waals surface area contributed by atoms with Gasteiger partial charge in [-0.3, -0.25) is 9.59 Å². The van der Waals surface area contributed by atoms with Crippen LogP contribution in [0.1, 0.15) is 29.9 Å². The highest BCUT2D eigenvalue weighted by Gasteiger charge is 2.33. The molecule has 6 nitrogen and oxygen atoms in total. The highest BCUT2D eigenvalue weighted by molar-refractivity contribution is 7.12. The summed E-state index contributed by atoms with van der Waals surface area (Å²) in [6.45, 7) is 3.25. The van der Waals surface area contributed by atoms with Crippen molar-refractivity contribution in [2.75, 3.05) is 6.54 Å². The van der Waals surface area contributed by atoms with E-state index >= 15 is 0 Å². The number of carboxylic acid groups (broad SMARTS) is 2. The van der Waals surface area contributed by atoms with Gasteiger partial charge in [0.15, 0.2) is 0 Å². The summed E-state index contributed by atoms with van der Waals surface area (Å²) in [5, 5.41) is 19.8. The molecule has 110 valence electrons. The first kappa shape index (κ1) is 16.2. The Kier molecular flexibility index (Phi) is 5.69. The van der Waals surface area contributed by atoms with E-state index in [1.807, 2.05) is 0 Å². The number of rotatable bonds is 7. The van der Waals surface area contributed by atoms with Crippen molar-refractivity contribution < 1.29 is 24.6 Å². The van der Waals surface area contributed by atoms with Crippen molar-refractivity contribution in [3.63, 3.8) is 0 Å². The molecule has 1 rings (SSSR count). The molecule has 7 heteroatoms. The fraction of sp³-hybridized carbons (Fsp3) is 0.462. The van der Waals surface area contributed by atoms with Crippen molar-refractivity contribution in [1.82, 2.24) is 4.90 Å². The average molecular weight is 299 g/mol. The Hall–Kier alpha value is -1.89. The minimum atomic E-state index is -1.13. The topological polar surface area (TPSA) is 94.9 Å². The summed E-state index contributed by atoms with van der Waals surface area (Å²) >= 11 is 1.20. The van der Waals surface area contributed by atoms with Gasteiger partial charge in [-0.25, -0.2) is 4.79 Å². The van der Waals surface area contributed by atoms with Gasteiger partial charge in [0.25, 0.3) is 5.91 Å². The van der Waals surface area contributed by atoms with Gasteiger partial charge in [0.2, 0.25) is 0 Å². The van der Waals surface area contributed by atoms with Crippen LogP contribution in [0.2, 0.25) is 0 Å². The average Bonchev–Trinajstić information content (AvgIpc) is 2.85. The second-order valence-electron chi connectivity index (χ2n) is 4.65. The fourth-order valence-electron chi connectivity index (χ4n) is 1.90. The van der Waals surface area contributed by atoms with Crippen molar-refractivity contribution in [3.8, 4) is 0 Å². The minimum absolute atomic E-state index is 0.124. The van der Waals surface area contributed by atoms with Crippen molar-refractivity contribution in [2.24, 2.45) is 5.92 Å². The second kappa shape index (κ2) is 7.04. The third-order valence-corrected chi connectivity index (χ3v) is 3.64. The van der Waals surface area contributed by atoms with E-state index in [0.717, 1.165) is 4.90 Å². The fourth-order valence-corrected chi connectivity index (χ4v) is 2.58. The number of hydrogen-bond donors (Lipinski definition) is 2. The van der Waals surface area contributed by atoms with Crippen LogP contribution in [0.15, 0.2) is 17.5 Å². The lowest BCUT2D eigenvalue weighted by molar-refractivity contribution is -0.145. The maximum atomic E-state index is 12.3. The smallest absolute Gasteiger partial charge is 0.326 e. The molecule has 20 heavy (non-hydrogen) atoms. The Bertz CT molecular complexity index is 483. The number of aliphatic carboxylic acids is 2. The molecule has 0 spiro atoms. The molecule has 0 radical (unpaired) electrons. The second-order valence-corrected chi connectivity index (χ2v) is 5.59. The Morgan fingerprint density at radius 1 is 1.30 bits per heavy atom. The predicted molar refractivity (Wildman–Crippen MR) is 73.9 cm³/mol. The lowest BCUT2D eigenvalue weighted by Crippen LogP contribution is -2.48. The molecule has 1 aromatic heterocycles. The molecule has 2 N–H and O–H groups in total.